The second kappa shape index (κ2) is 9.55. The summed E-state index contributed by atoms with van der Waals surface area (Å²) in [5, 5.41) is 4.96. The zero-order valence-electron chi connectivity index (χ0n) is 17.3. The van der Waals surface area contributed by atoms with Gasteiger partial charge in [-0.05, 0) is 54.8 Å². The van der Waals surface area contributed by atoms with Crippen LogP contribution in [-0.4, -0.2) is 21.9 Å². The summed E-state index contributed by atoms with van der Waals surface area (Å²) in [4.78, 5) is 31.7. The fraction of sp³-hybridized carbons (Fsp3) is 0.160. The van der Waals surface area contributed by atoms with Crippen LogP contribution in [0, 0.1) is 0 Å². The molecule has 162 valence electrons. The number of carbonyl (C=O) groups excluding carboxylic acids is 1. The number of nitrogens with zero attached hydrogens (tertiary/aromatic N) is 1. The molecular weight excluding hydrogens is 445 g/mol. The van der Waals surface area contributed by atoms with Crippen molar-refractivity contribution in [3.63, 3.8) is 0 Å². The zero-order valence-corrected chi connectivity index (χ0v) is 18.8. The number of benzene rings is 3. The molecule has 32 heavy (non-hydrogen) atoms. The van der Waals surface area contributed by atoms with Gasteiger partial charge in [0.1, 0.15) is 5.69 Å². The van der Waals surface area contributed by atoms with Gasteiger partial charge in [0.15, 0.2) is 0 Å². The van der Waals surface area contributed by atoms with Crippen molar-refractivity contribution in [1.29, 1.82) is 0 Å². The number of H-pyrrole nitrogens is 1. The van der Waals surface area contributed by atoms with Gasteiger partial charge in [0.25, 0.3) is 5.91 Å². The molecule has 0 bridgehead atoms. The van der Waals surface area contributed by atoms with Crippen LogP contribution in [0.3, 0.4) is 0 Å². The quantitative estimate of drug-likeness (QED) is 0.401. The molecule has 0 saturated heterocycles. The van der Waals surface area contributed by atoms with Crippen LogP contribution < -0.4 is 11.0 Å². The van der Waals surface area contributed by atoms with Crippen LogP contribution in [0.5, 0.6) is 0 Å². The van der Waals surface area contributed by atoms with Crippen LogP contribution in [0.25, 0.3) is 10.9 Å². The molecule has 1 heterocycles. The van der Waals surface area contributed by atoms with Crippen molar-refractivity contribution in [2.45, 2.75) is 25.3 Å². The molecule has 0 aliphatic carbocycles. The minimum absolute atomic E-state index is 0.0364. The van der Waals surface area contributed by atoms with Crippen molar-refractivity contribution in [2.75, 3.05) is 0 Å². The Labute approximate surface area is 195 Å². The van der Waals surface area contributed by atoms with E-state index in [0.717, 1.165) is 11.1 Å². The molecule has 4 aromatic rings. The number of aromatic nitrogens is 2. The van der Waals surface area contributed by atoms with Gasteiger partial charge in [0.05, 0.1) is 5.52 Å². The molecule has 7 heteroatoms. The summed E-state index contributed by atoms with van der Waals surface area (Å²) in [7, 11) is 0. The Bertz CT molecular complexity index is 1300. The summed E-state index contributed by atoms with van der Waals surface area (Å²) < 4.78 is 0. The third kappa shape index (κ3) is 5.01. The van der Waals surface area contributed by atoms with E-state index in [4.69, 9.17) is 23.2 Å². The maximum atomic E-state index is 13.1. The van der Waals surface area contributed by atoms with Crippen LogP contribution in [-0.2, 0) is 6.42 Å². The van der Waals surface area contributed by atoms with Crippen LogP contribution >= 0.6 is 23.2 Å². The highest BCUT2D eigenvalue weighted by atomic mass is 35.5. The Kier molecular flexibility index (Phi) is 6.58. The van der Waals surface area contributed by atoms with Gasteiger partial charge >= 0.3 is 5.69 Å². The highest BCUT2D eigenvalue weighted by molar-refractivity contribution is 6.30. The monoisotopic (exact) mass is 465 g/mol. The molecule has 0 saturated carbocycles. The standard InChI is InChI=1S/C25H21Cl2N3O2/c1-15(28-24(31)23-20-4-2-3-5-22(20)29-25(32)30-23)21(17-8-12-19(27)13-9-17)14-16-6-10-18(26)11-7-16/h2-13,15,21H,14H2,1H3,(H,28,31)(H,29,30,32)/t15?,21-/m0/s1. The van der Waals surface area contributed by atoms with Gasteiger partial charge in [-0.1, -0.05) is 65.7 Å². The molecule has 0 aliphatic rings. The Balaban J connectivity index is 1.64. The fourth-order valence-electron chi connectivity index (χ4n) is 3.82. The van der Waals surface area contributed by atoms with Gasteiger partial charge in [-0.3, -0.25) is 4.79 Å². The topological polar surface area (TPSA) is 74.8 Å². The number of hydrogen-bond donors (Lipinski definition) is 2. The average molecular weight is 466 g/mol. The minimum atomic E-state index is -0.558. The molecule has 1 unspecified atom stereocenters. The number of carbonyl (C=O) groups is 1. The molecule has 0 spiro atoms. The molecule has 4 rings (SSSR count). The number of hydrogen-bond acceptors (Lipinski definition) is 3. The molecule has 2 atom stereocenters. The first-order valence-electron chi connectivity index (χ1n) is 10.2. The number of amides is 1. The molecular formula is C25H21Cl2N3O2. The highest BCUT2D eigenvalue weighted by Crippen LogP contribution is 2.27. The predicted molar refractivity (Wildman–Crippen MR) is 129 cm³/mol. The number of para-hydroxylation sites is 1. The first-order valence-corrected chi connectivity index (χ1v) is 11.0. The van der Waals surface area contributed by atoms with Gasteiger partial charge in [-0.15, -0.1) is 0 Å². The molecule has 3 aromatic carbocycles. The van der Waals surface area contributed by atoms with E-state index in [0.29, 0.717) is 27.4 Å². The summed E-state index contributed by atoms with van der Waals surface area (Å²) in [6.07, 6.45) is 0.684. The largest absolute Gasteiger partial charge is 0.348 e. The zero-order chi connectivity index (χ0) is 22.7. The van der Waals surface area contributed by atoms with E-state index in [9.17, 15) is 9.59 Å². The van der Waals surface area contributed by atoms with E-state index in [-0.39, 0.29) is 17.7 Å². The van der Waals surface area contributed by atoms with Crippen molar-refractivity contribution < 1.29 is 4.79 Å². The van der Waals surface area contributed by atoms with Crippen molar-refractivity contribution >= 4 is 40.0 Å². The second-order valence-electron chi connectivity index (χ2n) is 7.69. The summed E-state index contributed by atoms with van der Waals surface area (Å²) in [5.74, 6) is -0.430. The van der Waals surface area contributed by atoms with Crippen molar-refractivity contribution in [1.82, 2.24) is 15.3 Å². The number of halogens is 2. The van der Waals surface area contributed by atoms with Gasteiger partial charge in [0, 0.05) is 27.4 Å². The van der Waals surface area contributed by atoms with Crippen molar-refractivity contribution in [3.8, 4) is 0 Å². The van der Waals surface area contributed by atoms with Gasteiger partial charge < -0.3 is 10.3 Å². The number of fused-ring (bicyclic) bond motifs is 1. The molecule has 2 N–H and O–H groups in total. The first-order chi connectivity index (χ1) is 15.4. The third-order valence-corrected chi connectivity index (χ3v) is 5.99. The SMILES string of the molecule is CC(NC(=O)c1nc(=O)[nH]c2ccccc12)[C@H](Cc1ccc(Cl)cc1)c1ccc(Cl)cc1. The van der Waals surface area contributed by atoms with Gasteiger partial charge in [0.2, 0.25) is 0 Å². The maximum absolute atomic E-state index is 13.1. The molecule has 0 aliphatic heterocycles. The molecule has 1 aromatic heterocycles. The van der Waals surface area contributed by atoms with Crippen molar-refractivity contribution in [2.24, 2.45) is 0 Å². The lowest BCUT2D eigenvalue weighted by atomic mass is 9.86. The van der Waals surface area contributed by atoms with Gasteiger partial charge in [-0.2, -0.15) is 4.98 Å². The predicted octanol–water partition coefficient (Wildman–Crippen LogP) is 5.37. The van der Waals surface area contributed by atoms with Crippen LogP contribution in [0.15, 0.2) is 77.6 Å². The van der Waals surface area contributed by atoms with E-state index in [1.807, 2.05) is 55.5 Å². The van der Waals surface area contributed by atoms with E-state index >= 15 is 0 Å². The van der Waals surface area contributed by atoms with E-state index in [1.165, 1.54) is 0 Å². The maximum Gasteiger partial charge on any atom is 0.346 e. The van der Waals surface area contributed by atoms with Gasteiger partial charge in [-0.25, -0.2) is 4.79 Å². The highest BCUT2D eigenvalue weighted by Gasteiger charge is 2.24. The first kappa shape index (κ1) is 22.1. The molecule has 0 fully saturated rings. The normalized spacial score (nSPS) is 13.0. The molecule has 5 nitrogen and oxygen atoms in total. The van der Waals surface area contributed by atoms with E-state index < -0.39 is 11.6 Å². The molecule has 0 radical (unpaired) electrons. The minimum Gasteiger partial charge on any atom is -0.348 e. The second-order valence-corrected chi connectivity index (χ2v) is 8.56. The smallest absolute Gasteiger partial charge is 0.346 e. The Morgan fingerprint density at radius 1 is 0.969 bits per heavy atom. The lowest BCUT2D eigenvalue weighted by Gasteiger charge is -2.26. The number of aromatic amines is 1. The van der Waals surface area contributed by atoms with Crippen LogP contribution in [0.1, 0.15) is 34.5 Å². The summed E-state index contributed by atoms with van der Waals surface area (Å²) in [6, 6.07) is 22.1. The Morgan fingerprint density at radius 3 is 2.28 bits per heavy atom. The fourth-order valence-corrected chi connectivity index (χ4v) is 4.07. The number of nitrogens with one attached hydrogen (secondary N) is 2. The summed E-state index contributed by atoms with van der Waals surface area (Å²) in [6.45, 7) is 1.95. The number of rotatable bonds is 6. The van der Waals surface area contributed by atoms with Crippen LogP contribution in [0.4, 0.5) is 0 Å². The molecule has 1 amide bonds. The van der Waals surface area contributed by atoms with E-state index in [1.54, 1.807) is 24.3 Å². The summed E-state index contributed by atoms with van der Waals surface area (Å²) in [5.41, 5.74) is 2.26. The lowest BCUT2D eigenvalue weighted by molar-refractivity contribution is 0.0930. The van der Waals surface area contributed by atoms with E-state index in [2.05, 4.69) is 15.3 Å². The lowest BCUT2D eigenvalue weighted by Crippen LogP contribution is -2.39. The van der Waals surface area contributed by atoms with Crippen molar-refractivity contribution in [3.05, 3.63) is 110 Å². The average Bonchev–Trinajstić information content (AvgIpc) is 2.78. The summed E-state index contributed by atoms with van der Waals surface area (Å²) >= 11 is 12.1. The Morgan fingerprint density at radius 2 is 1.59 bits per heavy atom. The Hall–Kier alpha value is -3.15. The van der Waals surface area contributed by atoms with Crippen LogP contribution in [0.2, 0.25) is 10.0 Å². The third-order valence-electron chi connectivity index (χ3n) is 5.48.